The van der Waals surface area contributed by atoms with Gasteiger partial charge in [0, 0.05) is 13.0 Å². The topological polar surface area (TPSA) is 20.2 Å². The summed E-state index contributed by atoms with van der Waals surface area (Å²) >= 11 is 0. The van der Waals surface area contributed by atoms with E-state index >= 15 is 0 Å². The highest BCUT2D eigenvalue weighted by Gasteiger charge is 2.44. The lowest BCUT2D eigenvalue weighted by atomic mass is 10.4. The summed E-state index contributed by atoms with van der Waals surface area (Å²) in [5, 5.41) is 13.6. The number of aliphatic hydroxyl groups is 1. The maximum absolute atomic E-state index is 9.49. The first-order valence-electron chi connectivity index (χ1n) is 8.04. The number of hydrogen-bond acceptors (Lipinski definition) is 1. The number of halogens is 1. The SMILES string of the molecule is I.OCCC[P+](c1ccccc1)(c1ccccc1)c1ccccc1. The number of aliphatic hydroxyl groups excluding tert-OH is 1. The smallest absolute Gasteiger partial charge is 0.112 e. The molecule has 0 unspecified atom stereocenters. The molecular formula is C21H23IOP+. The molecular weight excluding hydrogens is 426 g/mol. The van der Waals surface area contributed by atoms with Gasteiger partial charge in [0.05, 0.1) is 6.16 Å². The molecule has 24 heavy (non-hydrogen) atoms. The Morgan fingerprint density at radius 1 is 0.583 bits per heavy atom. The van der Waals surface area contributed by atoms with Gasteiger partial charge in [0.2, 0.25) is 0 Å². The van der Waals surface area contributed by atoms with Gasteiger partial charge in [-0.05, 0) is 36.4 Å². The average molecular weight is 449 g/mol. The third-order valence-electron chi connectivity index (χ3n) is 4.24. The molecule has 0 aliphatic rings. The van der Waals surface area contributed by atoms with Crippen LogP contribution in [0, 0.1) is 0 Å². The normalized spacial score (nSPS) is 10.9. The Balaban J connectivity index is 0.00000208. The van der Waals surface area contributed by atoms with Gasteiger partial charge in [-0.3, -0.25) is 0 Å². The van der Waals surface area contributed by atoms with Crippen molar-refractivity contribution in [1.29, 1.82) is 0 Å². The lowest BCUT2D eigenvalue weighted by molar-refractivity contribution is 0.296. The predicted molar refractivity (Wildman–Crippen MR) is 117 cm³/mol. The first kappa shape index (κ1) is 19.1. The summed E-state index contributed by atoms with van der Waals surface area (Å²) in [5.41, 5.74) is 0. The molecule has 3 heteroatoms. The zero-order valence-electron chi connectivity index (χ0n) is 13.6. The summed E-state index contributed by atoms with van der Waals surface area (Å²) in [5.74, 6) is 0. The van der Waals surface area contributed by atoms with Gasteiger partial charge in [0.15, 0.2) is 0 Å². The monoisotopic (exact) mass is 449 g/mol. The molecule has 0 saturated heterocycles. The van der Waals surface area contributed by atoms with E-state index in [4.69, 9.17) is 0 Å². The second-order valence-electron chi connectivity index (χ2n) is 5.62. The number of benzene rings is 3. The summed E-state index contributed by atoms with van der Waals surface area (Å²) in [4.78, 5) is 0. The molecule has 0 aromatic heterocycles. The summed E-state index contributed by atoms with van der Waals surface area (Å²) in [6.07, 6.45) is 1.80. The van der Waals surface area contributed by atoms with Gasteiger partial charge < -0.3 is 5.11 Å². The Morgan fingerprint density at radius 2 is 0.917 bits per heavy atom. The summed E-state index contributed by atoms with van der Waals surface area (Å²) in [6.45, 7) is 0.230. The Labute approximate surface area is 162 Å². The zero-order valence-corrected chi connectivity index (χ0v) is 16.8. The molecule has 1 nitrogen and oxygen atoms in total. The van der Waals surface area contributed by atoms with Crippen molar-refractivity contribution < 1.29 is 5.11 Å². The van der Waals surface area contributed by atoms with Crippen LogP contribution in [0.3, 0.4) is 0 Å². The minimum atomic E-state index is -1.73. The van der Waals surface area contributed by atoms with E-state index in [-0.39, 0.29) is 30.6 Å². The van der Waals surface area contributed by atoms with Crippen molar-refractivity contribution in [3.8, 4) is 0 Å². The van der Waals surface area contributed by atoms with Gasteiger partial charge in [-0.15, -0.1) is 24.0 Å². The lowest BCUT2D eigenvalue weighted by Gasteiger charge is -2.27. The van der Waals surface area contributed by atoms with E-state index in [9.17, 15) is 5.11 Å². The molecule has 0 heterocycles. The highest BCUT2D eigenvalue weighted by molar-refractivity contribution is 14.0. The van der Waals surface area contributed by atoms with E-state index in [0.717, 1.165) is 12.6 Å². The van der Waals surface area contributed by atoms with Crippen LogP contribution in [0.2, 0.25) is 0 Å². The summed E-state index contributed by atoms with van der Waals surface area (Å²) in [7, 11) is -1.73. The third-order valence-corrected chi connectivity index (χ3v) is 8.77. The van der Waals surface area contributed by atoms with E-state index in [1.165, 1.54) is 15.9 Å². The Hall–Kier alpha value is -1.22. The van der Waals surface area contributed by atoms with Gasteiger partial charge in [0.25, 0.3) is 0 Å². The molecule has 0 fully saturated rings. The number of rotatable bonds is 6. The van der Waals surface area contributed by atoms with Gasteiger partial charge >= 0.3 is 0 Å². The van der Waals surface area contributed by atoms with E-state index in [1.54, 1.807) is 0 Å². The minimum Gasteiger partial charge on any atom is -0.396 e. The standard InChI is InChI=1S/C21H22OP.HI/c22-17-10-18-23(19-11-4-1-5-12-19,20-13-6-2-7-14-20)21-15-8-3-9-16-21;/h1-9,11-16,22H,10,17-18H2;1H/q+1;. The van der Waals surface area contributed by atoms with Crippen molar-refractivity contribution >= 4 is 47.2 Å². The minimum absolute atomic E-state index is 0. The van der Waals surface area contributed by atoms with Gasteiger partial charge in [-0.2, -0.15) is 0 Å². The van der Waals surface area contributed by atoms with Crippen molar-refractivity contribution in [2.75, 3.05) is 12.8 Å². The third kappa shape index (κ3) is 3.88. The molecule has 3 aromatic carbocycles. The lowest BCUT2D eigenvalue weighted by Crippen LogP contribution is -2.33. The summed E-state index contributed by atoms with van der Waals surface area (Å²) in [6, 6.07) is 32.4. The van der Waals surface area contributed by atoms with Crippen LogP contribution in [0.15, 0.2) is 91.0 Å². The Kier molecular flexibility index (Phi) is 7.41. The van der Waals surface area contributed by atoms with E-state index < -0.39 is 7.26 Å². The molecule has 0 spiro atoms. The van der Waals surface area contributed by atoms with Crippen molar-refractivity contribution in [2.24, 2.45) is 0 Å². The van der Waals surface area contributed by atoms with Gasteiger partial charge in [-0.1, -0.05) is 54.6 Å². The van der Waals surface area contributed by atoms with Crippen molar-refractivity contribution in [2.45, 2.75) is 6.42 Å². The van der Waals surface area contributed by atoms with Crippen LogP contribution < -0.4 is 15.9 Å². The van der Waals surface area contributed by atoms with E-state index in [0.29, 0.717) is 0 Å². The molecule has 0 aliphatic carbocycles. The van der Waals surface area contributed by atoms with E-state index in [2.05, 4.69) is 91.0 Å². The highest BCUT2D eigenvalue weighted by atomic mass is 127. The van der Waals surface area contributed by atoms with Crippen LogP contribution in [0.5, 0.6) is 0 Å². The fourth-order valence-electron chi connectivity index (χ4n) is 3.19. The Bertz CT molecular complexity index is 620. The van der Waals surface area contributed by atoms with Crippen LogP contribution in [0.25, 0.3) is 0 Å². The molecule has 0 saturated carbocycles. The van der Waals surface area contributed by atoms with Crippen molar-refractivity contribution in [3.05, 3.63) is 91.0 Å². The van der Waals surface area contributed by atoms with Crippen LogP contribution >= 0.6 is 31.2 Å². The maximum Gasteiger partial charge on any atom is 0.112 e. The second kappa shape index (κ2) is 9.31. The molecule has 3 aromatic rings. The average Bonchev–Trinajstić information content (AvgIpc) is 2.65. The maximum atomic E-state index is 9.49. The molecule has 0 bridgehead atoms. The number of hydrogen-bond donors (Lipinski definition) is 1. The first-order valence-corrected chi connectivity index (χ1v) is 10.0. The molecule has 124 valence electrons. The highest BCUT2D eigenvalue weighted by Crippen LogP contribution is 2.55. The molecule has 0 atom stereocenters. The quantitative estimate of drug-likeness (QED) is 0.446. The summed E-state index contributed by atoms with van der Waals surface area (Å²) < 4.78 is 0. The van der Waals surface area contributed by atoms with Gasteiger partial charge in [0.1, 0.15) is 23.2 Å². The predicted octanol–water partition coefficient (Wildman–Crippen LogP) is 3.98. The van der Waals surface area contributed by atoms with Gasteiger partial charge in [-0.25, -0.2) is 0 Å². The second-order valence-corrected chi connectivity index (χ2v) is 9.23. The molecule has 0 amide bonds. The molecule has 1 N–H and O–H groups in total. The van der Waals surface area contributed by atoms with Crippen molar-refractivity contribution in [1.82, 2.24) is 0 Å². The first-order chi connectivity index (χ1) is 11.4. The van der Waals surface area contributed by atoms with Crippen LogP contribution in [0.1, 0.15) is 6.42 Å². The fourth-order valence-corrected chi connectivity index (χ4v) is 7.52. The van der Waals surface area contributed by atoms with Crippen LogP contribution in [0.4, 0.5) is 0 Å². The fraction of sp³-hybridized carbons (Fsp3) is 0.143. The molecule has 3 rings (SSSR count). The largest absolute Gasteiger partial charge is 0.396 e. The van der Waals surface area contributed by atoms with Crippen molar-refractivity contribution in [3.63, 3.8) is 0 Å². The zero-order chi connectivity index (χ0) is 16.0. The molecule has 0 radical (unpaired) electrons. The Morgan fingerprint density at radius 3 is 1.21 bits per heavy atom. The molecule has 0 aliphatic heterocycles. The van der Waals surface area contributed by atoms with Crippen LogP contribution in [-0.2, 0) is 0 Å². The van der Waals surface area contributed by atoms with E-state index in [1.807, 2.05) is 0 Å². The van der Waals surface area contributed by atoms with Crippen LogP contribution in [-0.4, -0.2) is 17.9 Å².